The van der Waals surface area contributed by atoms with Gasteiger partial charge in [0.25, 0.3) is 5.91 Å². The molecule has 0 saturated carbocycles. The molecule has 9 heteroatoms. The average Bonchev–Trinajstić information content (AvgIpc) is 3.40. The van der Waals surface area contributed by atoms with Crippen molar-refractivity contribution in [1.82, 2.24) is 10.2 Å². The molecule has 1 saturated heterocycles. The molecule has 0 radical (unpaired) electrons. The van der Waals surface area contributed by atoms with Crippen LogP contribution in [0.4, 0.5) is 16.2 Å². The van der Waals surface area contributed by atoms with Gasteiger partial charge in [-0.25, -0.2) is 4.79 Å². The zero-order chi connectivity index (χ0) is 23.3. The number of hydrogen-bond donors (Lipinski definition) is 3. The SMILES string of the molecule is C[C@H](NC(=O)c1ccco1)C(=O)Nc1ccccc1N[C@H]1CCN(C(=O)OC(C)(C)C)C1. The van der Waals surface area contributed by atoms with Gasteiger partial charge in [0.05, 0.1) is 17.6 Å². The molecule has 1 fully saturated rings. The molecule has 9 nitrogen and oxygen atoms in total. The van der Waals surface area contributed by atoms with Gasteiger partial charge in [-0.2, -0.15) is 0 Å². The Morgan fingerprint density at radius 2 is 1.84 bits per heavy atom. The number of rotatable bonds is 6. The Balaban J connectivity index is 1.57. The number of nitrogens with zero attached hydrogens (tertiary/aromatic N) is 1. The number of likely N-dealkylation sites (tertiary alicyclic amines) is 1. The third-order valence-electron chi connectivity index (χ3n) is 4.87. The minimum Gasteiger partial charge on any atom is -0.459 e. The number of benzene rings is 1. The Labute approximate surface area is 187 Å². The second-order valence-corrected chi connectivity index (χ2v) is 8.76. The molecule has 0 unspecified atom stereocenters. The molecule has 2 atom stereocenters. The number of hydrogen-bond acceptors (Lipinski definition) is 6. The number of nitrogens with one attached hydrogen (secondary N) is 3. The third-order valence-corrected chi connectivity index (χ3v) is 4.87. The zero-order valence-electron chi connectivity index (χ0n) is 18.8. The van der Waals surface area contributed by atoms with Gasteiger partial charge in [0.2, 0.25) is 5.91 Å². The van der Waals surface area contributed by atoms with E-state index >= 15 is 0 Å². The first kappa shape index (κ1) is 23.2. The summed E-state index contributed by atoms with van der Waals surface area (Å²) in [5.41, 5.74) is 0.788. The maximum atomic E-state index is 12.6. The summed E-state index contributed by atoms with van der Waals surface area (Å²) >= 11 is 0. The van der Waals surface area contributed by atoms with E-state index in [9.17, 15) is 14.4 Å². The van der Waals surface area contributed by atoms with Crippen LogP contribution in [-0.4, -0.2) is 53.6 Å². The fourth-order valence-corrected chi connectivity index (χ4v) is 3.29. The van der Waals surface area contributed by atoms with Crippen LogP contribution >= 0.6 is 0 Å². The van der Waals surface area contributed by atoms with E-state index in [-0.39, 0.29) is 23.8 Å². The van der Waals surface area contributed by atoms with Gasteiger partial charge in [-0.05, 0) is 58.4 Å². The predicted molar refractivity (Wildman–Crippen MR) is 121 cm³/mol. The number of carbonyl (C=O) groups is 3. The molecule has 3 N–H and O–H groups in total. The van der Waals surface area contributed by atoms with Crippen LogP contribution in [0.1, 0.15) is 44.7 Å². The Bertz CT molecular complexity index is 952. The fraction of sp³-hybridized carbons (Fsp3) is 0.435. The largest absolute Gasteiger partial charge is 0.459 e. The van der Waals surface area contributed by atoms with Crippen LogP contribution in [0.15, 0.2) is 47.1 Å². The predicted octanol–water partition coefficient (Wildman–Crippen LogP) is 3.46. The molecular weight excluding hydrogens is 412 g/mol. The van der Waals surface area contributed by atoms with Gasteiger partial charge in [-0.3, -0.25) is 9.59 Å². The molecule has 2 heterocycles. The van der Waals surface area contributed by atoms with E-state index in [0.717, 1.165) is 12.1 Å². The number of furan rings is 1. The monoisotopic (exact) mass is 442 g/mol. The Kier molecular flexibility index (Phi) is 7.07. The van der Waals surface area contributed by atoms with Gasteiger partial charge in [0.1, 0.15) is 11.6 Å². The minimum atomic E-state index is -0.769. The number of anilines is 2. The molecule has 3 rings (SSSR count). The lowest BCUT2D eigenvalue weighted by Crippen LogP contribution is -2.41. The van der Waals surface area contributed by atoms with E-state index in [1.807, 2.05) is 39.0 Å². The van der Waals surface area contributed by atoms with E-state index < -0.39 is 17.6 Å². The van der Waals surface area contributed by atoms with Crippen molar-refractivity contribution < 1.29 is 23.5 Å². The topological polar surface area (TPSA) is 113 Å². The number of ether oxygens (including phenoxy) is 1. The summed E-state index contributed by atoms with van der Waals surface area (Å²) in [5, 5.41) is 8.85. The molecule has 0 aliphatic carbocycles. The second kappa shape index (κ2) is 9.76. The highest BCUT2D eigenvalue weighted by molar-refractivity contribution is 6.01. The van der Waals surface area contributed by atoms with Gasteiger partial charge in [0.15, 0.2) is 5.76 Å². The molecular formula is C23H30N4O5. The molecule has 172 valence electrons. The maximum absolute atomic E-state index is 12.6. The molecule has 1 aliphatic heterocycles. The molecule has 1 aromatic carbocycles. The van der Waals surface area contributed by atoms with Crippen molar-refractivity contribution in [2.75, 3.05) is 23.7 Å². The van der Waals surface area contributed by atoms with E-state index in [0.29, 0.717) is 18.8 Å². The fourth-order valence-electron chi connectivity index (χ4n) is 3.29. The Morgan fingerprint density at radius 1 is 1.12 bits per heavy atom. The summed E-state index contributed by atoms with van der Waals surface area (Å²) in [6, 6.07) is 9.71. The molecule has 1 aromatic heterocycles. The quantitative estimate of drug-likeness (QED) is 0.632. The smallest absolute Gasteiger partial charge is 0.410 e. The summed E-state index contributed by atoms with van der Waals surface area (Å²) in [7, 11) is 0. The van der Waals surface area contributed by atoms with Gasteiger partial charge < -0.3 is 30.0 Å². The van der Waals surface area contributed by atoms with Crippen molar-refractivity contribution in [2.45, 2.75) is 51.8 Å². The highest BCUT2D eigenvalue weighted by Crippen LogP contribution is 2.25. The normalized spacial score (nSPS) is 16.9. The van der Waals surface area contributed by atoms with E-state index in [4.69, 9.17) is 9.15 Å². The molecule has 1 aliphatic rings. The molecule has 32 heavy (non-hydrogen) atoms. The van der Waals surface area contributed by atoms with Crippen molar-refractivity contribution in [2.24, 2.45) is 0 Å². The third kappa shape index (κ3) is 6.26. The standard InChI is InChI=1S/C23H30N4O5/c1-15(24-21(29)19-10-7-13-31-19)20(28)26-18-9-6-5-8-17(18)25-16-11-12-27(14-16)22(30)32-23(2,3)4/h5-10,13,15-16,25H,11-12,14H2,1-4H3,(H,24,29)(H,26,28)/t15-,16-/m0/s1. The lowest BCUT2D eigenvalue weighted by Gasteiger charge is -2.24. The summed E-state index contributed by atoms with van der Waals surface area (Å²) in [5.74, 6) is -0.680. The van der Waals surface area contributed by atoms with Crippen molar-refractivity contribution in [3.63, 3.8) is 0 Å². The van der Waals surface area contributed by atoms with Crippen LogP contribution in [0.5, 0.6) is 0 Å². The molecule has 0 bridgehead atoms. The zero-order valence-corrected chi connectivity index (χ0v) is 18.8. The van der Waals surface area contributed by atoms with Crippen LogP contribution in [-0.2, 0) is 9.53 Å². The van der Waals surface area contributed by atoms with Crippen molar-refractivity contribution in [1.29, 1.82) is 0 Å². The number of para-hydroxylation sites is 2. The van der Waals surface area contributed by atoms with E-state index in [1.165, 1.54) is 12.3 Å². The number of amides is 3. The highest BCUT2D eigenvalue weighted by Gasteiger charge is 2.30. The van der Waals surface area contributed by atoms with Crippen molar-refractivity contribution >= 4 is 29.3 Å². The van der Waals surface area contributed by atoms with Gasteiger partial charge in [-0.15, -0.1) is 0 Å². The van der Waals surface area contributed by atoms with Gasteiger partial charge in [-0.1, -0.05) is 12.1 Å². The first-order chi connectivity index (χ1) is 15.1. The first-order valence-electron chi connectivity index (χ1n) is 10.6. The highest BCUT2D eigenvalue weighted by atomic mass is 16.6. The van der Waals surface area contributed by atoms with Crippen LogP contribution in [0.25, 0.3) is 0 Å². The average molecular weight is 443 g/mol. The lowest BCUT2D eigenvalue weighted by molar-refractivity contribution is -0.117. The lowest BCUT2D eigenvalue weighted by atomic mass is 10.2. The van der Waals surface area contributed by atoms with Gasteiger partial charge >= 0.3 is 6.09 Å². The number of carbonyl (C=O) groups excluding carboxylic acids is 3. The summed E-state index contributed by atoms with van der Waals surface area (Å²) < 4.78 is 10.5. The molecule has 0 spiro atoms. The van der Waals surface area contributed by atoms with Crippen LogP contribution in [0.2, 0.25) is 0 Å². The maximum Gasteiger partial charge on any atom is 0.410 e. The molecule has 2 aromatic rings. The van der Waals surface area contributed by atoms with Crippen molar-refractivity contribution in [3.8, 4) is 0 Å². The summed E-state index contributed by atoms with van der Waals surface area (Å²) in [6.07, 6.45) is 1.83. The van der Waals surface area contributed by atoms with Crippen LogP contribution in [0.3, 0.4) is 0 Å². The van der Waals surface area contributed by atoms with Crippen LogP contribution in [0, 0.1) is 0 Å². The molecule has 3 amide bonds. The summed E-state index contributed by atoms with van der Waals surface area (Å²) in [4.78, 5) is 38.7. The first-order valence-corrected chi connectivity index (χ1v) is 10.6. The summed E-state index contributed by atoms with van der Waals surface area (Å²) in [6.45, 7) is 8.22. The Morgan fingerprint density at radius 3 is 2.50 bits per heavy atom. The Hall–Kier alpha value is -3.49. The van der Waals surface area contributed by atoms with E-state index in [1.54, 1.807) is 24.0 Å². The van der Waals surface area contributed by atoms with Gasteiger partial charge in [0, 0.05) is 19.1 Å². The second-order valence-electron chi connectivity index (χ2n) is 8.76. The van der Waals surface area contributed by atoms with E-state index in [2.05, 4.69) is 16.0 Å². The van der Waals surface area contributed by atoms with Crippen molar-refractivity contribution in [3.05, 3.63) is 48.4 Å². The minimum absolute atomic E-state index is 0.0247. The van der Waals surface area contributed by atoms with Crippen LogP contribution < -0.4 is 16.0 Å².